The van der Waals surface area contributed by atoms with Gasteiger partial charge in [0.2, 0.25) is 16.0 Å². The van der Waals surface area contributed by atoms with Crippen LogP contribution in [0.5, 0.6) is 5.75 Å². The Morgan fingerprint density at radius 3 is 2.21 bits per heavy atom. The Morgan fingerprint density at radius 2 is 1.67 bits per heavy atom. The minimum Gasteiger partial charge on any atom is -0.494 e. The molecule has 0 spiro atoms. The topological polar surface area (TPSA) is 144 Å². The van der Waals surface area contributed by atoms with Crippen molar-refractivity contribution in [3.05, 3.63) is 47.0 Å². The third kappa shape index (κ3) is 7.09. The molecule has 3 rings (SSSR count). The van der Waals surface area contributed by atoms with E-state index in [1.54, 1.807) is 13.8 Å². The zero-order valence-electron chi connectivity index (χ0n) is 23.0. The number of nitrogens with zero attached hydrogens (tertiary/aromatic N) is 6. The summed E-state index contributed by atoms with van der Waals surface area (Å²) in [4.78, 5) is 8.62. The Morgan fingerprint density at radius 1 is 1.05 bits per heavy atom. The number of hydrogen-bond donors (Lipinski definition) is 2. The summed E-state index contributed by atoms with van der Waals surface area (Å²) in [5.74, 6) is 1.25. The third-order valence-corrected chi connectivity index (χ3v) is 10.9. The fourth-order valence-electron chi connectivity index (χ4n) is 3.87. The van der Waals surface area contributed by atoms with Gasteiger partial charge in [0.05, 0.1) is 44.0 Å². The highest BCUT2D eigenvalue weighted by molar-refractivity contribution is 9.10. The van der Waals surface area contributed by atoms with Crippen LogP contribution >= 0.6 is 26.0 Å². The first-order valence-corrected chi connectivity index (χ1v) is 17.6. The minimum atomic E-state index is -4.05. The second-order valence-corrected chi connectivity index (χ2v) is 17.7. The fraction of sp³-hybridized carbons (Fsp3) is 0.520. The molecule has 2 aromatic heterocycles. The highest BCUT2D eigenvalue weighted by atomic mass is 79.9. The van der Waals surface area contributed by atoms with Gasteiger partial charge in [-0.1, -0.05) is 41.1 Å². The fourth-order valence-corrected chi connectivity index (χ4v) is 6.91. The molecule has 14 heteroatoms. The molecule has 1 aromatic carbocycles. The third-order valence-electron chi connectivity index (χ3n) is 6.48. The van der Waals surface area contributed by atoms with E-state index in [4.69, 9.17) is 4.74 Å². The first kappa shape index (κ1) is 31.3. The van der Waals surface area contributed by atoms with Crippen molar-refractivity contribution in [2.75, 3.05) is 55.7 Å². The van der Waals surface area contributed by atoms with Gasteiger partial charge < -0.3 is 14.9 Å². The number of methoxy groups -OCH3 is 1. The maximum absolute atomic E-state index is 14.3. The summed E-state index contributed by atoms with van der Waals surface area (Å²) in [6, 6.07) is 6.44. The molecule has 0 aliphatic rings. The van der Waals surface area contributed by atoms with Crippen molar-refractivity contribution in [1.82, 2.24) is 24.7 Å². The molecular formula is C25H37BrN6O5S2. The second kappa shape index (κ2) is 12.9. The molecule has 0 saturated heterocycles. The molecular weight excluding hydrogens is 608 g/mol. The Balaban J connectivity index is 2.16. The lowest BCUT2D eigenvalue weighted by atomic mass is 10.1. The zero-order chi connectivity index (χ0) is 29.0. The molecule has 0 amide bonds. The van der Waals surface area contributed by atoms with Crippen LogP contribution in [0.2, 0.25) is 0 Å². The van der Waals surface area contributed by atoms with Gasteiger partial charge in [0.1, 0.15) is 5.82 Å². The number of aliphatic hydroxyl groups excluding tert-OH is 2. The van der Waals surface area contributed by atoms with Crippen molar-refractivity contribution < 1.29 is 23.4 Å². The van der Waals surface area contributed by atoms with Gasteiger partial charge in [-0.05, 0) is 37.5 Å². The van der Waals surface area contributed by atoms with Crippen molar-refractivity contribution in [3.63, 3.8) is 0 Å². The molecule has 0 unspecified atom stereocenters. The average Bonchev–Trinajstić information content (AvgIpc) is 3.32. The number of sulfonamides is 1. The van der Waals surface area contributed by atoms with Crippen LogP contribution in [0.1, 0.15) is 31.6 Å². The summed E-state index contributed by atoms with van der Waals surface area (Å²) in [5, 5.41) is 28.1. The Bertz CT molecular complexity index is 1340. The van der Waals surface area contributed by atoms with Gasteiger partial charge in [0.15, 0.2) is 11.6 Å². The van der Waals surface area contributed by atoms with E-state index in [-0.39, 0.29) is 12.5 Å². The molecule has 0 aliphatic heterocycles. The van der Waals surface area contributed by atoms with Gasteiger partial charge >= 0.3 is 0 Å². The predicted molar refractivity (Wildman–Crippen MR) is 159 cm³/mol. The summed E-state index contributed by atoms with van der Waals surface area (Å²) in [5.41, 5.74) is 0.648. The van der Waals surface area contributed by atoms with Crippen LogP contribution in [0.25, 0.3) is 11.4 Å². The monoisotopic (exact) mass is 644 g/mol. The number of aromatic nitrogens is 5. The number of hydrogen-bond acceptors (Lipinski definition) is 9. The SMILES string of the molecule is COc1cnc([C@@H](C)[C@H](C)S(=O)(=O)N(CCS(C)(C)C)c2nnc(-c3ccccc3Br)n2C(CO)CO)nc1. The van der Waals surface area contributed by atoms with Gasteiger partial charge in [0, 0.05) is 22.5 Å². The van der Waals surface area contributed by atoms with E-state index in [2.05, 4.69) is 54.9 Å². The number of benzene rings is 1. The minimum absolute atomic E-state index is 0.0344. The Labute approximate surface area is 240 Å². The smallest absolute Gasteiger partial charge is 0.241 e. The molecule has 0 bridgehead atoms. The zero-order valence-corrected chi connectivity index (χ0v) is 26.2. The van der Waals surface area contributed by atoms with Gasteiger partial charge in [-0.15, -0.1) is 10.2 Å². The molecule has 0 saturated carbocycles. The molecule has 0 aliphatic carbocycles. The number of aliphatic hydroxyl groups is 2. The van der Waals surface area contributed by atoms with Crippen LogP contribution in [-0.2, 0) is 10.0 Å². The summed E-state index contributed by atoms with van der Waals surface area (Å²) >= 11 is 3.52. The summed E-state index contributed by atoms with van der Waals surface area (Å²) in [6.45, 7) is 2.65. The van der Waals surface area contributed by atoms with Crippen molar-refractivity contribution in [1.29, 1.82) is 0 Å². The van der Waals surface area contributed by atoms with Crippen LogP contribution in [0.15, 0.2) is 41.1 Å². The Kier molecular flexibility index (Phi) is 10.4. The van der Waals surface area contributed by atoms with E-state index in [9.17, 15) is 18.6 Å². The van der Waals surface area contributed by atoms with E-state index in [0.717, 1.165) is 0 Å². The van der Waals surface area contributed by atoms with Crippen LogP contribution in [0.4, 0.5) is 5.95 Å². The normalized spacial score (nSPS) is 14.3. The predicted octanol–water partition coefficient (Wildman–Crippen LogP) is 3.05. The van der Waals surface area contributed by atoms with E-state index in [0.29, 0.717) is 33.2 Å². The second-order valence-electron chi connectivity index (χ2n) is 10.1. The van der Waals surface area contributed by atoms with Crippen LogP contribution < -0.4 is 9.04 Å². The van der Waals surface area contributed by atoms with Gasteiger partial charge in [-0.25, -0.2) is 32.7 Å². The maximum Gasteiger partial charge on any atom is 0.241 e. The summed E-state index contributed by atoms with van der Waals surface area (Å²) < 4.78 is 37.2. The largest absolute Gasteiger partial charge is 0.494 e. The van der Waals surface area contributed by atoms with Crippen LogP contribution in [0, 0.1) is 0 Å². The first-order valence-electron chi connectivity index (χ1n) is 12.3. The van der Waals surface area contributed by atoms with E-state index in [1.807, 2.05) is 24.3 Å². The van der Waals surface area contributed by atoms with Crippen LogP contribution in [-0.4, -0.2) is 100 Å². The van der Waals surface area contributed by atoms with Crippen molar-refractivity contribution in [2.24, 2.45) is 0 Å². The van der Waals surface area contributed by atoms with E-state index >= 15 is 0 Å². The van der Waals surface area contributed by atoms with Crippen molar-refractivity contribution in [3.8, 4) is 17.1 Å². The van der Waals surface area contributed by atoms with Gasteiger partial charge in [-0.3, -0.25) is 4.57 Å². The quantitative estimate of drug-likeness (QED) is 0.287. The average molecular weight is 646 g/mol. The highest BCUT2D eigenvalue weighted by Crippen LogP contribution is 2.38. The molecule has 2 N–H and O–H groups in total. The maximum atomic E-state index is 14.3. The first-order chi connectivity index (χ1) is 18.3. The molecule has 11 nitrogen and oxygen atoms in total. The number of rotatable bonds is 13. The Hall–Kier alpha value is -2.26. The van der Waals surface area contributed by atoms with Gasteiger partial charge in [0.25, 0.3) is 0 Å². The lowest BCUT2D eigenvalue weighted by Gasteiger charge is -2.33. The molecule has 0 radical (unpaired) electrons. The number of ether oxygens (including phenoxy) is 1. The lowest BCUT2D eigenvalue weighted by Crippen LogP contribution is -2.44. The summed E-state index contributed by atoms with van der Waals surface area (Å²) in [7, 11) is -3.64. The molecule has 39 heavy (non-hydrogen) atoms. The van der Waals surface area contributed by atoms with Gasteiger partial charge in [-0.2, -0.15) is 0 Å². The number of halogens is 1. The molecule has 216 valence electrons. The molecule has 0 fully saturated rings. The van der Waals surface area contributed by atoms with E-state index in [1.165, 1.54) is 28.4 Å². The van der Waals surface area contributed by atoms with Crippen LogP contribution in [0.3, 0.4) is 0 Å². The molecule has 2 atom stereocenters. The van der Waals surface area contributed by atoms with E-state index < -0.39 is 50.5 Å². The van der Waals surface area contributed by atoms with Crippen molar-refractivity contribution in [2.45, 2.75) is 31.1 Å². The van der Waals surface area contributed by atoms with Crippen molar-refractivity contribution >= 4 is 41.9 Å². The molecule has 3 aromatic rings. The highest BCUT2D eigenvalue weighted by Gasteiger charge is 2.38. The summed E-state index contributed by atoms with van der Waals surface area (Å²) in [6.07, 6.45) is 9.34. The lowest BCUT2D eigenvalue weighted by molar-refractivity contribution is 0.156. The molecule has 2 heterocycles. The standard InChI is InChI=1S/C25H37BrN6O5S2/c1-17(23-27-13-20(37-3)14-28-23)18(2)39(35,36)31(11-12-38(4,5)6)25-30-29-24(32(25)19(15-33)16-34)21-9-7-8-10-22(21)26/h7-10,13-14,17-19,33-34H,11-12,15-16H2,1-6H3/t17-,18-/m0/s1. The number of anilines is 1.